The SMILES string of the molecule is COc1ccc(S(=O)(=O)NCCc2cccc3c(OC)cccc23)cc1N1CCN(C(=O)C(Cl)(Cl)Cl)CC1. The molecule has 3 aromatic rings. The molecule has 38 heavy (non-hydrogen) atoms. The van der Waals surface area contributed by atoms with Gasteiger partial charge in [-0.1, -0.05) is 65.1 Å². The van der Waals surface area contributed by atoms with E-state index < -0.39 is 19.7 Å². The van der Waals surface area contributed by atoms with E-state index in [1.807, 2.05) is 41.3 Å². The second-order valence-corrected chi connectivity index (χ2v) is 12.8. The van der Waals surface area contributed by atoms with E-state index in [1.54, 1.807) is 19.2 Å². The van der Waals surface area contributed by atoms with Gasteiger partial charge in [-0.25, -0.2) is 13.1 Å². The van der Waals surface area contributed by atoms with Crippen LogP contribution in [0.1, 0.15) is 5.56 Å². The maximum absolute atomic E-state index is 13.2. The summed E-state index contributed by atoms with van der Waals surface area (Å²) in [5.74, 6) is 0.710. The van der Waals surface area contributed by atoms with Crippen LogP contribution in [0.3, 0.4) is 0 Å². The number of benzene rings is 3. The Morgan fingerprint density at radius 1 is 0.921 bits per heavy atom. The van der Waals surface area contributed by atoms with Crippen LogP contribution in [0.5, 0.6) is 11.5 Å². The zero-order valence-corrected chi connectivity index (χ0v) is 24.0. The third kappa shape index (κ3) is 6.24. The topological polar surface area (TPSA) is 88.2 Å². The van der Waals surface area contributed by atoms with Crippen LogP contribution >= 0.6 is 34.8 Å². The van der Waals surface area contributed by atoms with Crippen molar-refractivity contribution in [3.63, 3.8) is 0 Å². The fourth-order valence-corrected chi connectivity index (χ4v) is 5.97. The summed E-state index contributed by atoms with van der Waals surface area (Å²) in [5, 5.41) is 2.00. The first-order chi connectivity index (χ1) is 18.0. The van der Waals surface area contributed by atoms with Gasteiger partial charge in [-0.3, -0.25) is 4.79 Å². The van der Waals surface area contributed by atoms with Crippen LogP contribution in [-0.2, 0) is 21.2 Å². The van der Waals surface area contributed by atoms with Gasteiger partial charge in [0.1, 0.15) is 11.5 Å². The van der Waals surface area contributed by atoms with Crippen LogP contribution < -0.4 is 19.1 Å². The molecule has 1 N–H and O–H groups in total. The van der Waals surface area contributed by atoms with E-state index in [1.165, 1.54) is 18.1 Å². The van der Waals surface area contributed by atoms with E-state index in [0.29, 0.717) is 44.0 Å². The quantitative estimate of drug-likeness (QED) is 0.386. The van der Waals surface area contributed by atoms with E-state index in [4.69, 9.17) is 44.3 Å². The van der Waals surface area contributed by atoms with Gasteiger partial charge in [-0.15, -0.1) is 0 Å². The van der Waals surface area contributed by atoms with Gasteiger partial charge in [0.05, 0.1) is 24.8 Å². The number of nitrogens with zero attached hydrogens (tertiary/aromatic N) is 2. The number of amides is 1. The molecular formula is C26H28Cl3N3O5S. The Bertz CT molecular complexity index is 1420. The van der Waals surface area contributed by atoms with Gasteiger partial charge in [-0.2, -0.15) is 0 Å². The molecule has 3 aromatic carbocycles. The van der Waals surface area contributed by atoms with Crippen molar-refractivity contribution in [1.29, 1.82) is 0 Å². The lowest BCUT2D eigenvalue weighted by Gasteiger charge is -2.37. The molecule has 1 fully saturated rings. The molecule has 0 saturated carbocycles. The predicted octanol–water partition coefficient (Wildman–Crippen LogP) is 4.40. The van der Waals surface area contributed by atoms with Crippen molar-refractivity contribution in [2.24, 2.45) is 0 Å². The molecule has 204 valence electrons. The van der Waals surface area contributed by atoms with Crippen LogP contribution in [-0.4, -0.2) is 70.0 Å². The lowest BCUT2D eigenvalue weighted by atomic mass is 10.0. The van der Waals surface area contributed by atoms with Crippen LogP contribution in [0.25, 0.3) is 10.8 Å². The highest BCUT2D eigenvalue weighted by Gasteiger charge is 2.36. The summed E-state index contributed by atoms with van der Waals surface area (Å²) in [6.45, 7) is 1.70. The molecule has 1 heterocycles. The van der Waals surface area contributed by atoms with E-state index in [0.717, 1.165) is 22.1 Å². The molecular weight excluding hydrogens is 573 g/mol. The fraction of sp³-hybridized carbons (Fsp3) is 0.346. The third-order valence-electron chi connectivity index (χ3n) is 6.49. The molecule has 8 nitrogen and oxygen atoms in total. The first kappa shape index (κ1) is 28.6. The fourth-order valence-electron chi connectivity index (χ4n) is 4.56. The lowest BCUT2D eigenvalue weighted by Crippen LogP contribution is -2.51. The lowest BCUT2D eigenvalue weighted by molar-refractivity contribution is -0.130. The van der Waals surface area contributed by atoms with Crippen LogP contribution in [0.4, 0.5) is 5.69 Å². The number of ether oxygens (including phenoxy) is 2. The van der Waals surface area contributed by atoms with Crippen molar-refractivity contribution in [2.45, 2.75) is 15.1 Å². The molecule has 0 unspecified atom stereocenters. The number of alkyl halides is 3. The third-order valence-corrected chi connectivity index (χ3v) is 8.43. The minimum absolute atomic E-state index is 0.118. The molecule has 12 heteroatoms. The highest BCUT2D eigenvalue weighted by Crippen LogP contribution is 2.34. The van der Waals surface area contributed by atoms with E-state index in [9.17, 15) is 13.2 Å². The number of hydrogen-bond donors (Lipinski definition) is 1. The van der Waals surface area contributed by atoms with Crippen molar-refractivity contribution >= 4 is 67.2 Å². The van der Waals surface area contributed by atoms with Crippen molar-refractivity contribution in [3.05, 3.63) is 60.2 Å². The highest BCUT2D eigenvalue weighted by atomic mass is 35.6. The molecule has 0 spiro atoms. The molecule has 1 aliphatic heterocycles. The van der Waals surface area contributed by atoms with Crippen LogP contribution in [0.2, 0.25) is 0 Å². The number of rotatable bonds is 8. The molecule has 4 rings (SSSR count). The van der Waals surface area contributed by atoms with Gasteiger partial charge >= 0.3 is 0 Å². The number of carbonyl (C=O) groups excluding carboxylic acids is 1. The summed E-state index contributed by atoms with van der Waals surface area (Å²) in [7, 11) is -0.652. The van der Waals surface area contributed by atoms with E-state index in [-0.39, 0.29) is 11.4 Å². The number of halogens is 3. The van der Waals surface area contributed by atoms with Gasteiger partial charge in [0.25, 0.3) is 9.70 Å². The van der Waals surface area contributed by atoms with Gasteiger partial charge in [0, 0.05) is 38.1 Å². The standard InChI is InChI=1S/C26H28Cl3N3O5S/c1-36-23-8-4-6-20-18(5-3-7-21(20)23)11-12-30-38(34,35)19-9-10-24(37-2)22(17-19)31-13-15-32(16-14-31)25(33)26(27,28)29/h3-10,17,30H,11-16H2,1-2H3. The Kier molecular flexibility index (Phi) is 8.84. The molecule has 0 bridgehead atoms. The number of hydrogen-bond acceptors (Lipinski definition) is 6. The van der Waals surface area contributed by atoms with E-state index >= 15 is 0 Å². The molecule has 0 aromatic heterocycles. The number of carbonyl (C=O) groups is 1. The van der Waals surface area contributed by atoms with E-state index in [2.05, 4.69) is 4.72 Å². The number of fused-ring (bicyclic) bond motifs is 1. The van der Waals surface area contributed by atoms with Gasteiger partial charge < -0.3 is 19.3 Å². The largest absolute Gasteiger partial charge is 0.496 e. The Hall–Kier alpha value is -2.43. The predicted molar refractivity (Wildman–Crippen MR) is 151 cm³/mol. The average Bonchev–Trinajstić information content (AvgIpc) is 2.91. The summed E-state index contributed by atoms with van der Waals surface area (Å²) in [6, 6.07) is 16.4. The van der Waals surface area contributed by atoms with Crippen molar-refractivity contribution in [2.75, 3.05) is 51.8 Å². The molecule has 1 saturated heterocycles. The Morgan fingerprint density at radius 3 is 2.24 bits per heavy atom. The van der Waals surface area contributed by atoms with Crippen molar-refractivity contribution in [3.8, 4) is 11.5 Å². The Labute approximate surface area is 237 Å². The zero-order valence-electron chi connectivity index (χ0n) is 20.9. The maximum atomic E-state index is 13.2. The first-order valence-corrected chi connectivity index (χ1v) is 14.5. The average molecular weight is 601 g/mol. The van der Waals surface area contributed by atoms with Gasteiger partial charge in [0.2, 0.25) is 10.0 Å². The van der Waals surface area contributed by atoms with Crippen molar-refractivity contribution in [1.82, 2.24) is 9.62 Å². The number of sulfonamides is 1. The minimum atomic E-state index is -3.80. The molecule has 0 radical (unpaired) electrons. The minimum Gasteiger partial charge on any atom is -0.496 e. The molecule has 0 atom stereocenters. The van der Waals surface area contributed by atoms with Gasteiger partial charge in [-0.05, 0) is 41.6 Å². The van der Waals surface area contributed by atoms with Crippen molar-refractivity contribution < 1.29 is 22.7 Å². The number of nitrogens with one attached hydrogen (secondary N) is 1. The smallest absolute Gasteiger partial charge is 0.274 e. The van der Waals surface area contributed by atoms with Crippen LogP contribution in [0, 0.1) is 0 Å². The zero-order chi connectivity index (χ0) is 27.5. The monoisotopic (exact) mass is 599 g/mol. The van der Waals surface area contributed by atoms with Gasteiger partial charge in [0.15, 0.2) is 0 Å². The maximum Gasteiger partial charge on any atom is 0.274 e. The second-order valence-electron chi connectivity index (χ2n) is 8.73. The van der Waals surface area contributed by atoms with Crippen LogP contribution in [0.15, 0.2) is 59.5 Å². The highest BCUT2D eigenvalue weighted by molar-refractivity contribution is 7.89. The number of piperazine rings is 1. The molecule has 1 aliphatic rings. The second kappa shape index (κ2) is 11.8. The first-order valence-electron chi connectivity index (χ1n) is 11.9. The summed E-state index contributed by atoms with van der Waals surface area (Å²) in [4.78, 5) is 15.8. The number of anilines is 1. The Balaban J connectivity index is 1.47. The normalized spacial score (nSPS) is 14.6. The summed E-state index contributed by atoms with van der Waals surface area (Å²) < 4.78 is 38.0. The molecule has 0 aliphatic carbocycles. The molecule has 1 amide bonds. The summed E-state index contributed by atoms with van der Waals surface area (Å²) >= 11 is 17.2. The number of methoxy groups -OCH3 is 2. The Morgan fingerprint density at radius 2 is 1.58 bits per heavy atom. The summed E-state index contributed by atoms with van der Waals surface area (Å²) in [6.07, 6.45) is 0.506. The summed E-state index contributed by atoms with van der Waals surface area (Å²) in [5.41, 5.74) is 1.62.